The summed E-state index contributed by atoms with van der Waals surface area (Å²) < 4.78 is 0. The number of benzene rings is 1. The molecular weight excluding hydrogens is 202 g/mol. The van der Waals surface area contributed by atoms with Crippen LogP contribution >= 0.6 is 0 Å². The summed E-state index contributed by atoms with van der Waals surface area (Å²) in [6.45, 7) is 6.25. The average molecular weight is 223 g/mol. The summed E-state index contributed by atoms with van der Waals surface area (Å²) >= 11 is 0. The van der Waals surface area contributed by atoms with Gasteiger partial charge in [-0.15, -0.1) is 0 Å². The van der Waals surface area contributed by atoms with Crippen molar-refractivity contribution in [2.75, 3.05) is 6.61 Å². The first-order valence-electron chi connectivity index (χ1n) is 5.62. The van der Waals surface area contributed by atoms with Gasteiger partial charge in [-0.05, 0) is 29.5 Å². The van der Waals surface area contributed by atoms with E-state index in [1.165, 1.54) is 0 Å². The maximum atomic E-state index is 9.68. The molecule has 0 aliphatic carbocycles. The second kappa shape index (κ2) is 4.85. The van der Waals surface area contributed by atoms with Gasteiger partial charge in [0.15, 0.2) is 0 Å². The van der Waals surface area contributed by atoms with Gasteiger partial charge >= 0.3 is 0 Å². The lowest BCUT2D eigenvalue weighted by Crippen LogP contribution is -2.19. The van der Waals surface area contributed by atoms with E-state index in [0.717, 1.165) is 12.0 Å². The minimum absolute atomic E-state index is 0.0532. The Labute approximate surface area is 96.9 Å². The van der Waals surface area contributed by atoms with E-state index in [4.69, 9.17) is 10.8 Å². The molecule has 3 heteroatoms. The van der Waals surface area contributed by atoms with Gasteiger partial charge in [0.1, 0.15) is 5.75 Å². The lowest BCUT2D eigenvalue weighted by Gasteiger charge is -2.25. The van der Waals surface area contributed by atoms with E-state index in [9.17, 15) is 5.11 Å². The van der Waals surface area contributed by atoms with Crippen LogP contribution in [0.5, 0.6) is 5.75 Å². The highest BCUT2D eigenvalue weighted by molar-refractivity contribution is 5.40. The van der Waals surface area contributed by atoms with Crippen molar-refractivity contribution in [3.05, 3.63) is 29.3 Å². The third-order valence-electron chi connectivity index (χ3n) is 3.29. The minimum Gasteiger partial charge on any atom is -0.508 e. The van der Waals surface area contributed by atoms with Crippen LogP contribution in [0.15, 0.2) is 18.2 Å². The molecule has 0 aliphatic rings. The highest BCUT2D eigenvalue weighted by atomic mass is 16.3. The van der Waals surface area contributed by atoms with E-state index in [0.29, 0.717) is 5.56 Å². The molecule has 0 heterocycles. The number of aromatic hydroxyl groups is 1. The summed E-state index contributed by atoms with van der Waals surface area (Å²) in [7, 11) is 0. The Balaban J connectivity index is 3.17. The Hall–Kier alpha value is -1.06. The highest BCUT2D eigenvalue weighted by Gasteiger charge is 2.20. The number of hydrogen-bond donors (Lipinski definition) is 3. The molecule has 90 valence electrons. The van der Waals surface area contributed by atoms with Crippen LogP contribution in [0.4, 0.5) is 0 Å². The lowest BCUT2D eigenvalue weighted by molar-refractivity contribution is 0.265. The van der Waals surface area contributed by atoms with Gasteiger partial charge in [-0.2, -0.15) is 0 Å². The number of nitrogens with two attached hydrogens (primary N) is 1. The molecule has 0 amide bonds. The van der Waals surface area contributed by atoms with Gasteiger partial charge in [0.05, 0.1) is 12.6 Å². The highest BCUT2D eigenvalue weighted by Crippen LogP contribution is 2.32. The zero-order valence-corrected chi connectivity index (χ0v) is 10.2. The second-order valence-corrected chi connectivity index (χ2v) is 4.80. The lowest BCUT2D eigenvalue weighted by atomic mass is 9.81. The summed E-state index contributed by atoms with van der Waals surface area (Å²) in [6, 6.07) is 4.93. The molecule has 0 bridgehead atoms. The molecule has 1 atom stereocenters. The van der Waals surface area contributed by atoms with E-state index >= 15 is 0 Å². The molecule has 3 nitrogen and oxygen atoms in total. The second-order valence-electron chi connectivity index (χ2n) is 4.80. The zero-order valence-electron chi connectivity index (χ0n) is 10.2. The van der Waals surface area contributed by atoms with Crippen LogP contribution in [-0.4, -0.2) is 16.8 Å². The quantitative estimate of drug-likeness (QED) is 0.732. The van der Waals surface area contributed by atoms with Gasteiger partial charge in [-0.1, -0.05) is 26.8 Å². The Morgan fingerprint density at radius 1 is 1.38 bits per heavy atom. The third kappa shape index (κ3) is 2.54. The smallest absolute Gasteiger partial charge is 0.120 e. The van der Waals surface area contributed by atoms with Gasteiger partial charge < -0.3 is 15.9 Å². The van der Waals surface area contributed by atoms with Gasteiger partial charge in [0.2, 0.25) is 0 Å². The fourth-order valence-corrected chi connectivity index (χ4v) is 1.57. The van der Waals surface area contributed by atoms with E-state index < -0.39 is 6.04 Å². The molecule has 0 fully saturated rings. The van der Waals surface area contributed by atoms with Gasteiger partial charge in [0.25, 0.3) is 0 Å². The maximum absolute atomic E-state index is 9.68. The molecule has 0 saturated carbocycles. The molecule has 1 aromatic carbocycles. The summed E-state index contributed by atoms with van der Waals surface area (Å²) in [5.41, 5.74) is 7.54. The normalized spacial score (nSPS) is 13.8. The molecule has 0 radical (unpaired) electrons. The fourth-order valence-electron chi connectivity index (χ4n) is 1.57. The first-order valence-corrected chi connectivity index (χ1v) is 5.62. The van der Waals surface area contributed by atoms with Crippen molar-refractivity contribution in [2.24, 2.45) is 5.73 Å². The fraction of sp³-hybridized carbons (Fsp3) is 0.538. The first-order chi connectivity index (χ1) is 7.42. The molecule has 16 heavy (non-hydrogen) atoms. The number of phenols is 1. The molecular formula is C13H21NO2. The Morgan fingerprint density at radius 3 is 2.50 bits per heavy atom. The van der Waals surface area contributed by atoms with Crippen LogP contribution in [0.25, 0.3) is 0 Å². The number of hydrogen-bond acceptors (Lipinski definition) is 3. The number of aliphatic hydroxyl groups is 1. The summed E-state index contributed by atoms with van der Waals surface area (Å²) in [5.74, 6) is 0.150. The van der Waals surface area contributed by atoms with E-state index in [1.807, 2.05) is 12.1 Å². The average Bonchev–Trinajstić information content (AvgIpc) is 2.28. The number of rotatable bonds is 4. The number of phenolic OH excluding ortho intramolecular Hbond substituents is 1. The van der Waals surface area contributed by atoms with Crippen LogP contribution in [0.3, 0.4) is 0 Å². The van der Waals surface area contributed by atoms with Gasteiger partial charge in [0, 0.05) is 5.56 Å². The Morgan fingerprint density at radius 2 is 2.00 bits per heavy atom. The predicted molar refractivity (Wildman–Crippen MR) is 65.4 cm³/mol. The van der Waals surface area contributed by atoms with Crippen molar-refractivity contribution < 1.29 is 10.2 Å². The molecule has 1 unspecified atom stereocenters. The minimum atomic E-state index is -0.521. The standard InChI is InChI=1S/C13H21NO2/c1-4-13(2,3)9-5-6-12(16)10(7-9)11(14)8-15/h5-7,11,15-16H,4,8,14H2,1-3H3. The van der Waals surface area contributed by atoms with Crippen LogP contribution in [-0.2, 0) is 5.41 Å². The van der Waals surface area contributed by atoms with Crippen LogP contribution in [0.1, 0.15) is 44.4 Å². The third-order valence-corrected chi connectivity index (χ3v) is 3.29. The van der Waals surface area contributed by atoms with Gasteiger partial charge in [-0.3, -0.25) is 0 Å². The molecule has 1 rings (SSSR count). The zero-order chi connectivity index (χ0) is 12.3. The predicted octanol–water partition coefficient (Wildman–Crippen LogP) is 2.07. The van der Waals surface area contributed by atoms with Crippen LogP contribution < -0.4 is 5.73 Å². The summed E-state index contributed by atoms with van der Waals surface area (Å²) in [5, 5.41) is 18.7. The van der Waals surface area contributed by atoms with E-state index in [2.05, 4.69) is 20.8 Å². The van der Waals surface area contributed by atoms with Crippen molar-refractivity contribution in [2.45, 2.75) is 38.6 Å². The number of aliphatic hydroxyl groups excluding tert-OH is 1. The van der Waals surface area contributed by atoms with Crippen LogP contribution in [0, 0.1) is 0 Å². The van der Waals surface area contributed by atoms with E-state index in [1.54, 1.807) is 6.07 Å². The molecule has 0 spiro atoms. The largest absolute Gasteiger partial charge is 0.508 e. The summed E-state index contributed by atoms with van der Waals surface area (Å²) in [6.07, 6.45) is 1.01. The maximum Gasteiger partial charge on any atom is 0.120 e. The van der Waals surface area contributed by atoms with Crippen molar-refractivity contribution in [1.29, 1.82) is 0 Å². The summed E-state index contributed by atoms with van der Waals surface area (Å²) in [4.78, 5) is 0. The topological polar surface area (TPSA) is 66.5 Å². The molecule has 0 aromatic heterocycles. The van der Waals surface area contributed by atoms with Crippen molar-refractivity contribution in [3.63, 3.8) is 0 Å². The first kappa shape index (κ1) is 13.0. The van der Waals surface area contributed by atoms with Crippen molar-refractivity contribution >= 4 is 0 Å². The SMILES string of the molecule is CCC(C)(C)c1ccc(O)c(C(N)CO)c1. The van der Waals surface area contributed by atoms with E-state index in [-0.39, 0.29) is 17.8 Å². The van der Waals surface area contributed by atoms with Crippen LogP contribution in [0.2, 0.25) is 0 Å². The Bertz CT molecular complexity index is 361. The Kier molecular flexibility index (Phi) is 3.94. The molecule has 1 aromatic rings. The molecule has 0 saturated heterocycles. The molecule has 4 N–H and O–H groups in total. The van der Waals surface area contributed by atoms with Gasteiger partial charge in [-0.25, -0.2) is 0 Å². The molecule has 0 aliphatic heterocycles. The monoisotopic (exact) mass is 223 g/mol. The van der Waals surface area contributed by atoms with Crippen molar-refractivity contribution in [3.8, 4) is 5.75 Å². The van der Waals surface area contributed by atoms with Crippen molar-refractivity contribution in [1.82, 2.24) is 0 Å².